The molecule has 0 bridgehead atoms. The number of amides is 1. The van der Waals surface area contributed by atoms with Gasteiger partial charge in [-0.2, -0.15) is 0 Å². The molecular weight excluding hydrogens is 461 g/mol. The number of rotatable bonds is 7. The Morgan fingerprint density at radius 1 is 0.903 bits per heavy atom. The molecule has 0 heterocycles. The summed E-state index contributed by atoms with van der Waals surface area (Å²) in [5, 5.41) is 3.27. The molecule has 0 saturated carbocycles. The minimum absolute atomic E-state index is 0.0362. The van der Waals surface area contributed by atoms with Crippen LogP contribution < -0.4 is 10.1 Å². The molecule has 6 nitrogen and oxygen atoms in total. The molecule has 0 saturated heterocycles. The van der Waals surface area contributed by atoms with Crippen LogP contribution >= 0.6 is 23.2 Å². The number of sulfone groups is 1. The molecule has 0 fully saturated rings. The topological polar surface area (TPSA) is 89.5 Å². The van der Waals surface area contributed by atoms with E-state index in [1.807, 2.05) is 0 Å². The van der Waals surface area contributed by atoms with Gasteiger partial charge in [-0.3, -0.25) is 9.59 Å². The number of carbonyl (C=O) groups is 2. The Kier molecular flexibility index (Phi) is 7.00. The first kappa shape index (κ1) is 22.8. The largest absolute Gasteiger partial charge is 0.484 e. The second kappa shape index (κ2) is 9.51. The molecule has 0 atom stereocenters. The third-order valence-corrected chi connectivity index (χ3v) is 5.92. The minimum atomic E-state index is -3.44. The molecule has 3 aromatic carbocycles. The summed E-state index contributed by atoms with van der Waals surface area (Å²) in [6.07, 6.45) is 1.06. The van der Waals surface area contributed by atoms with Gasteiger partial charge in [0.05, 0.1) is 15.6 Å². The van der Waals surface area contributed by atoms with Crippen LogP contribution in [0.4, 0.5) is 5.69 Å². The number of anilines is 1. The zero-order valence-corrected chi connectivity index (χ0v) is 18.6. The van der Waals surface area contributed by atoms with E-state index in [1.165, 1.54) is 18.2 Å². The second-order valence-corrected chi connectivity index (χ2v) is 9.47. The van der Waals surface area contributed by atoms with Gasteiger partial charge in [-0.1, -0.05) is 23.2 Å². The Morgan fingerprint density at radius 3 is 2.06 bits per heavy atom. The van der Waals surface area contributed by atoms with Gasteiger partial charge in [-0.05, 0) is 66.7 Å². The Labute approximate surface area is 189 Å². The predicted octanol–water partition coefficient (Wildman–Crippen LogP) is 4.65. The molecule has 0 aliphatic heterocycles. The first-order chi connectivity index (χ1) is 14.6. The highest BCUT2D eigenvalue weighted by molar-refractivity contribution is 7.90. The fourth-order valence-corrected chi connectivity index (χ4v) is 3.57. The molecule has 9 heteroatoms. The van der Waals surface area contributed by atoms with E-state index in [9.17, 15) is 18.0 Å². The average molecular weight is 478 g/mol. The molecule has 0 aliphatic carbocycles. The number of nitrogens with one attached hydrogen (secondary N) is 1. The molecule has 160 valence electrons. The smallest absolute Gasteiger partial charge is 0.262 e. The Balaban J connectivity index is 1.61. The zero-order valence-electron chi connectivity index (χ0n) is 16.3. The fourth-order valence-electron chi connectivity index (χ4n) is 2.64. The number of hydrogen-bond donors (Lipinski definition) is 1. The maximum absolute atomic E-state index is 12.5. The summed E-state index contributed by atoms with van der Waals surface area (Å²) in [6.45, 7) is -0.329. The number of ketones is 1. The number of hydrogen-bond acceptors (Lipinski definition) is 5. The summed E-state index contributed by atoms with van der Waals surface area (Å²) < 4.78 is 28.8. The van der Waals surface area contributed by atoms with E-state index in [4.69, 9.17) is 27.9 Å². The molecule has 1 amide bonds. The van der Waals surface area contributed by atoms with E-state index >= 15 is 0 Å². The maximum Gasteiger partial charge on any atom is 0.262 e. The lowest BCUT2D eigenvalue weighted by molar-refractivity contribution is -0.118. The zero-order chi connectivity index (χ0) is 22.6. The number of halogens is 2. The molecular formula is C22H17Cl2NO5S. The summed E-state index contributed by atoms with van der Waals surface area (Å²) in [5.41, 5.74) is 1.14. The molecule has 0 aliphatic rings. The summed E-state index contributed by atoms with van der Waals surface area (Å²) in [6, 6.07) is 16.9. The van der Waals surface area contributed by atoms with Gasteiger partial charge in [0.1, 0.15) is 5.75 Å². The lowest BCUT2D eigenvalue weighted by Crippen LogP contribution is -2.20. The van der Waals surface area contributed by atoms with Crippen molar-refractivity contribution in [3.8, 4) is 5.75 Å². The van der Waals surface area contributed by atoms with Crippen LogP contribution in [0.1, 0.15) is 15.9 Å². The third kappa shape index (κ3) is 6.07. The highest BCUT2D eigenvalue weighted by atomic mass is 35.5. The van der Waals surface area contributed by atoms with Crippen molar-refractivity contribution in [2.45, 2.75) is 4.90 Å². The van der Waals surface area contributed by atoms with Crippen molar-refractivity contribution < 1.29 is 22.7 Å². The Morgan fingerprint density at radius 2 is 1.48 bits per heavy atom. The molecule has 0 radical (unpaired) electrons. The van der Waals surface area contributed by atoms with Crippen LogP contribution in [-0.2, 0) is 14.6 Å². The van der Waals surface area contributed by atoms with Gasteiger partial charge in [0.2, 0.25) is 0 Å². The maximum atomic E-state index is 12.5. The van der Waals surface area contributed by atoms with E-state index < -0.39 is 15.7 Å². The summed E-state index contributed by atoms with van der Waals surface area (Å²) in [5.74, 6) is -0.297. The molecule has 3 aromatic rings. The third-order valence-electron chi connectivity index (χ3n) is 4.23. The number of benzene rings is 3. The van der Waals surface area contributed by atoms with Crippen molar-refractivity contribution in [1.29, 1.82) is 0 Å². The van der Waals surface area contributed by atoms with Crippen LogP contribution in [0.25, 0.3) is 0 Å². The average Bonchev–Trinajstić information content (AvgIpc) is 2.73. The lowest BCUT2D eigenvalue weighted by Gasteiger charge is -2.10. The Hall–Kier alpha value is -2.87. The summed E-state index contributed by atoms with van der Waals surface area (Å²) in [7, 11) is -3.44. The normalized spacial score (nSPS) is 11.1. The summed E-state index contributed by atoms with van der Waals surface area (Å²) in [4.78, 5) is 24.7. The van der Waals surface area contributed by atoms with Crippen LogP contribution in [-0.4, -0.2) is 33.0 Å². The van der Waals surface area contributed by atoms with E-state index in [0.29, 0.717) is 21.9 Å². The highest BCUT2D eigenvalue weighted by Crippen LogP contribution is 2.25. The molecule has 0 spiro atoms. The van der Waals surface area contributed by atoms with Crippen LogP contribution in [0, 0.1) is 0 Å². The van der Waals surface area contributed by atoms with Crippen LogP contribution in [0.15, 0.2) is 71.6 Å². The van der Waals surface area contributed by atoms with Gasteiger partial charge in [-0.15, -0.1) is 0 Å². The van der Waals surface area contributed by atoms with Crippen molar-refractivity contribution in [3.05, 3.63) is 87.9 Å². The van der Waals surface area contributed by atoms with E-state index in [1.54, 1.807) is 48.5 Å². The van der Waals surface area contributed by atoms with Gasteiger partial charge in [0.25, 0.3) is 5.91 Å². The molecule has 0 aromatic heterocycles. The highest BCUT2D eigenvalue weighted by Gasteiger charge is 2.13. The summed E-state index contributed by atoms with van der Waals surface area (Å²) >= 11 is 11.9. The predicted molar refractivity (Wildman–Crippen MR) is 120 cm³/mol. The van der Waals surface area contributed by atoms with E-state index in [-0.39, 0.29) is 28.0 Å². The van der Waals surface area contributed by atoms with Crippen molar-refractivity contribution in [1.82, 2.24) is 0 Å². The minimum Gasteiger partial charge on any atom is -0.484 e. The SMILES string of the molecule is CS(=O)(=O)c1ccc(Cl)c(NC(=O)COc2ccc(C(=O)c3ccc(Cl)cc3)cc2)c1. The van der Waals surface area contributed by atoms with Crippen molar-refractivity contribution >= 4 is 50.4 Å². The lowest BCUT2D eigenvalue weighted by atomic mass is 10.0. The van der Waals surface area contributed by atoms with Crippen LogP contribution in [0.5, 0.6) is 5.75 Å². The van der Waals surface area contributed by atoms with Crippen molar-refractivity contribution in [3.63, 3.8) is 0 Å². The van der Waals surface area contributed by atoms with Crippen LogP contribution in [0.3, 0.4) is 0 Å². The van der Waals surface area contributed by atoms with E-state index in [0.717, 1.165) is 6.26 Å². The van der Waals surface area contributed by atoms with Gasteiger partial charge in [-0.25, -0.2) is 8.42 Å². The van der Waals surface area contributed by atoms with Crippen LogP contribution in [0.2, 0.25) is 10.0 Å². The van der Waals surface area contributed by atoms with Gasteiger partial charge in [0.15, 0.2) is 22.2 Å². The first-order valence-corrected chi connectivity index (χ1v) is 11.6. The van der Waals surface area contributed by atoms with E-state index in [2.05, 4.69) is 5.32 Å². The molecule has 1 N–H and O–H groups in total. The van der Waals surface area contributed by atoms with Gasteiger partial charge >= 0.3 is 0 Å². The van der Waals surface area contributed by atoms with Gasteiger partial charge in [0, 0.05) is 22.4 Å². The Bertz CT molecular complexity index is 1220. The quantitative estimate of drug-likeness (QED) is 0.500. The molecule has 3 rings (SSSR count). The second-order valence-electron chi connectivity index (χ2n) is 6.61. The molecule has 31 heavy (non-hydrogen) atoms. The van der Waals surface area contributed by atoms with Crippen molar-refractivity contribution in [2.24, 2.45) is 0 Å². The number of carbonyl (C=O) groups excluding carboxylic acids is 2. The standard InChI is InChI=1S/C22H17Cl2NO5S/c1-31(28,29)18-10-11-19(24)20(12-18)25-21(26)13-30-17-8-4-15(5-9-17)22(27)14-2-6-16(23)7-3-14/h2-12H,13H2,1H3,(H,25,26). The fraction of sp³-hybridized carbons (Fsp3) is 0.0909. The number of ether oxygens (including phenoxy) is 1. The van der Waals surface area contributed by atoms with Gasteiger partial charge < -0.3 is 10.1 Å². The first-order valence-electron chi connectivity index (χ1n) is 8.96. The molecule has 0 unspecified atom stereocenters. The van der Waals surface area contributed by atoms with Crippen molar-refractivity contribution in [2.75, 3.05) is 18.2 Å². The monoisotopic (exact) mass is 477 g/mol.